The van der Waals surface area contributed by atoms with Gasteiger partial charge in [0, 0.05) is 10.6 Å². The van der Waals surface area contributed by atoms with E-state index in [2.05, 4.69) is 6.92 Å². The van der Waals surface area contributed by atoms with Crippen LogP contribution >= 0.6 is 11.6 Å². The lowest BCUT2D eigenvalue weighted by Crippen LogP contribution is -2.01. The summed E-state index contributed by atoms with van der Waals surface area (Å²) in [6, 6.07) is 9.99. The summed E-state index contributed by atoms with van der Waals surface area (Å²) in [6.45, 7) is 2.15. The lowest BCUT2D eigenvalue weighted by atomic mass is 10.1. The second-order valence-corrected chi connectivity index (χ2v) is 4.69. The van der Waals surface area contributed by atoms with Crippen LogP contribution in [0.5, 0.6) is 5.75 Å². The zero-order chi connectivity index (χ0) is 13.8. The summed E-state index contributed by atoms with van der Waals surface area (Å²) in [5.74, 6) is 0.213. The van der Waals surface area contributed by atoms with E-state index < -0.39 is 0 Å². The molecule has 2 aromatic rings. The van der Waals surface area contributed by atoms with E-state index in [4.69, 9.17) is 22.1 Å². The van der Waals surface area contributed by atoms with Crippen LogP contribution in [0.1, 0.15) is 18.1 Å². The minimum absolute atomic E-state index is 0.0993. The van der Waals surface area contributed by atoms with Gasteiger partial charge in [-0.3, -0.25) is 0 Å². The third-order valence-corrected chi connectivity index (χ3v) is 3.11. The number of nitrogens with two attached hydrogens (primary N) is 1. The summed E-state index contributed by atoms with van der Waals surface area (Å²) in [4.78, 5) is 0. The molecule has 100 valence electrons. The van der Waals surface area contributed by atoms with Crippen LogP contribution < -0.4 is 10.5 Å². The van der Waals surface area contributed by atoms with Crippen molar-refractivity contribution in [1.29, 1.82) is 0 Å². The van der Waals surface area contributed by atoms with Crippen molar-refractivity contribution in [2.45, 2.75) is 20.0 Å². The molecule has 0 saturated carbocycles. The Hall–Kier alpha value is -1.74. The number of anilines is 1. The van der Waals surface area contributed by atoms with Crippen LogP contribution in [0.2, 0.25) is 5.02 Å². The first-order valence-electron chi connectivity index (χ1n) is 6.05. The number of hydrogen-bond donors (Lipinski definition) is 1. The fraction of sp³-hybridized carbons (Fsp3) is 0.200. The first-order valence-corrected chi connectivity index (χ1v) is 6.43. The molecule has 0 atom stereocenters. The van der Waals surface area contributed by atoms with Crippen LogP contribution in [0.15, 0.2) is 36.4 Å². The van der Waals surface area contributed by atoms with Gasteiger partial charge in [-0.1, -0.05) is 24.6 Å². The van der Waals surface area contributed by atoms with Gasteiger partial charge in [0.15, 0.2) is 0 Å². The highest BCUT2D eigenvalue weighted by Crippen LogP contribution is 2.24. The number of aryl methyl sites for hydroxylation is 1. The predicted molar refractivity (Wildman–Crippen MR) is 76.0 cm³/mol. The highest BCUT2D eigenvalue weighted by atomic mass is 35.5. The van der Waals surface area contributed by atoms with Crippen molar-refractivity contribution < 1.29 is 9.13 Å². The van der Waals surface area contributed by atoms with Crippen LogP contribution in [0.3, 0.4) is 0 Å². The van der Waals surface area contributed by atoms with Gasteiger partial charge < -0.3 is 10.5 Å². The molecule has 2 aromatic carbocycles. The smallest absolute Gasteiger partial charge is 0.142 e. The molecule has 0 aliphatic rings. The molecule has 0 amide bonds. The maximum absolute atomic E-state index is 13.5. The molecule has 0 unspecified atom stereocenters. The third kappa shape index (κ3) is 3.38. The Kier molecular flexibility index (Phi) is 4.27. The summed E-state index contributed by atoms with van der Waals surface area (Å²) < 4.78 is 19.1. The van der Waals surface area contributed by atoms with E-state index in [1.807, 2.05) is 12.1 Å². The molecule has 0 aliphatic carbocycles. The summed E-state index contributed by atoms with van der Waals surface area (Å²) in [5.41, 5.74) is 7.99. The Balaban J connectivity index is 2.12. The van der Waals surface area contributed by atoms with E-state index in [1.165, 1.54) is 12.1 Å². The number of benzene rings is 2. The Morgan fingerprint density at radius 2 is 2.00 bits per heavy atom. The van der Waals surface area contributed by atoms with Crippen LogP contribution in [-0.4, -0.2) is 0 Å². The van der Waals surface area contributed by atoms with Crippen LogP contribution in [0, 0.1) is 5.82 Å². The number of ether oxygens (including phenoxy) is 1. The van der Waals surface area contributed by atoms with E-state index >= 15 is 0 Å². The van der Waals surface area contributed by atoms with Crippen molar-refractivity contribution in [2.75, 3.05) is 5.73 Å². The Labute approximate surface area is 117 Å². The third-order valence-electron chi connectivity index (χ3n) is 2.87. The van der Waals surface area contributed by atoms with Gasteiger partial charge in [0.1, 0.15) is 18.2 Å². The highest BCUT2D eigenvalue weighted by molar-refractivity contribution is 6.30. The van der Waals surface area contributed by atoms with Crippen LogP contribution in [-0.2, 0) is 13.0 Å². The zero-order valence-electron chi connectivity index (χ0n) is 10.6. The van der Waals surface area contributed by atoms with Crippen molar-refractivity contribution in [3.8, 4) is 5.75 Å². The lowest BCUT2D eigenvalue weighted by Gasteiger charge is -2.10. The monoisotopic (exact) mass is 279 g/mol. The fourth-order valence-electron chi connectivity index (χ4n) is 1.76. The van der Waals surface area contributed by atoms with Gasteiger partial charge in [-0.15, -0.1) is 0 Å². The second-order valence-electron chi connectivity index (χ2n) is 4.25. The van der Waals surface area contributed by atoms with Crippen molar-refractivity contribution in [2.24, 2.45) is 0 Å². The fourth-order valence-corrected chi connectivity index (χ4v) is 1.95. The van der Waals surface area contributed by atoms with Crippen molar-refractivity contribution in [3.05, 3.63) is 58.4 Å². The van der Waals surface area contributed by atoms with Gasteiger partial charge in [0.25, 0.3) is 0 Å². The van der Waals surface area contributed by atoms with Gasteiger partial charge in [-0.2, -0.15) is 0 Å². The molecular weight excluding hydrogens is 265 g/mol. The minimum Gasteiger partial charge on any atom is -0.487 e. The number of nitrogen functional groups attached to an aromatic ring is 1. The van der Waals surface area contributed by atoms with Crippen molar-refractivity contribution in [3.63, 3.8) is 0 Å². The predicted octanol–water partition coefficient (Wildman–Crippen LogP) is 4.20. The van der Waals surface area contributed by atoms with Crippen LogP contribution in [0.25, 0.3) is 0 Å². The molecule has 0 aromatic heterocycles. The van der Waals surface area contributed by atoms with E-state index in [1.54, 1.807) is 12.1 Å². The molecular formula is C15H15ClFNO. The Morgan fingerprint density at radius 1 is 1.21 bits per heavy atom. The first-order chi connectivity index (χ1) is 9.10. The minimum atomic E-state index is -0.340. The zero-order valence-corrected chi connectivity index (χ0v) is 11.4. The molecule has 0 radical (unpaired) electrons. The largest absolute Gasteiger partial charge is 0.487 e. The lowest BCUT2D eigenvalue weighted by molar-refractivity contribution is 0.301. The molecule has 0 fully saturated rings. The normalized spacial score (nSPS) is 10.5. The number of hydrogen-bond acceptors (Lipinski definition) is 2. The van der Waals surface area contributed by atoms with Gasteiger partial charge in [0.2, 0.25) is 0 Å². The first kappa shape index (κ1) is 13.7. The second kappa shape index (κ2) is 5.93. The Morgan fingerprint density at radius 3 is 2.68 bits per heavy atom. The average molecular weight is 280 g/mol. The molecule has 2 nitrogen and oxygen atoms in total. The molecule has 0 heterocycles. The van der Waals surface area contributed by atoms with E-state index in [0.717, 1.165) is 12.0 Å². The van der Waals surface area contributed by atoms with Gasteiger partial charge in [0.05, 0.1) is 5.69 Å². The van der Waals surface area contributed by atoms with Crippen molar-refractivity contribution in [1.82, 2.24) is 0 Å². The molecule has 4 heteroatoms. The van der Waals surface area contributed by atoms with Crippen LogP contribution in [0.4, 0.5) is 10.1 Å². The summed E-state index contributed by atoms with van der Waals surface area (Å²) in [6.07, 6.45) is 0.910. The number of halogens is 2. The van der Waals surface area contributed by atoms with E-state index in [-0.39, 0.29) is 12.4 Å². The van der Waals surface area contributed by atoms with Gasteiger partial charge in [-0.25, -0.2) is 4.39 Å². The molecule has 0 saturated heterocycles. The molecule has 0 spiro atoms. The molecule has 2 N–H and O–H groups in total. The highest BCUT2D eigenvalue weighted by Gasteiger charge is 2.06. The summed E-state index contributed by atoms with van der Waals surface area (Å²) >= 11 is 5.82. The SMILES string of the molecule is CCc1ccc(OCc2cc(Cl)ccc2F)c(N)c1. The molecule has 2 rings (SSSR count). The summed E-state index contributed by atoms with van der Waals surface area (Å²) in [7, 11) is 0. The van der Waals surface area contributed by atoms with E-state index in [9.17, 15) is 4.39 Å². The van der Waals surface area contributed by atoms with Gasteiger partial charge in [-0.05, 0) is 42.3 Å². The maximum atomic E-state index is 13.5. The quantitative estimate of drug-likeness (QED) is 0.851. The molecule has 0 bridgehead atoms. The van der Waals surface area contributed by atoms with E-state index in [0.29, 0.717) is 22.0 Å². The molecule has 19 heavy (non-hydrogen) atoms. The van der Waals surface area contributed by atoms with Gasteiger partial charge >= 0.3 is 0 Å². The Bertz CT molecular complexity index is 586. The van der Waals surface area contributed by atoms with Crippen molar-refractivity contribution >= 4 is 17.3 Å². The number of rotatable bonds is 4. The standard InChI is InChI=1S/C15H15ClFNO/c1-2-10-3-6-15(14(18)7-10)19-9-11-8-12(16)4-5-13(11)17/h3-8H,2,9,18H2,1H3. The maximum Gasteiger partial charge on any atom is 0.142 e. The average Bonchev–Trinajstić information content (AvgIpc) is 2.40. The topological polar surface area (TPSA) is 35.2 Å². The summed E-state index contributed by atoms with van der Waals surface area (Å²) in [5, 5.41) is 0.481. The molecule has 0 aliphatic heterocycles.